The van der Waals surface area contributed by atoms with Crippen LogP contribution >= 0.6 is 0 Å². The van der Waals surface area contributed by atoms with Gasteiger partial charge in [0.1, 0.15) is 0 Å². The molecule has 0 aliphatic heterocycles. The van der Waals surface area contributed by atoms with Gasteiger partial charge in [-0.2, -0.15) is 0 Å². The van der Waals surface area contributed by atoms with Crippen LogP contribution < -0.4 is 5.32 Å². The lowest BCUT2D eigenvalue weighted by Crippen LogP contribution is -2.51. The van der Waals surface area contributed by atoms with Gasteiger partial charge in [-0.25, -0.2) is 0 Å². The van der Waals surface area contributed by atoms with Gasteiger partial charge in [0.15, 0.2) is 6.29 Å². The lowest BCUT2D eigenvalue weighted by Gasteiger charge is -2.42. The molecule has 1 fully saturated rings. The van der Waals surface area contributed by atoms with Crippen molar-refractivity contribution in [1.82, 2.24) is 5.32 Å². The van der Waals surface area contributed by atoms with E-state index in [1.807, 2.05) is 0 Å². The maximum atomic E-state index is 5.34. The van der Waals surface area contributed by atoms with E-state index in [2.05, 4.69) is 33.0 Å². The largest absolute Gasteiger partial charge is 0.354 e. The second-order valence-electron chi connectivity index (χ2n) is 6.66. The SMILES string of the molecule is COC(OC)C(C)NC1CCCCC1C(C)(C)C. The lowest BCUT2D eigenvalue weighted by molar-refractivity contribution is -0.123. The second kappa shape index (κ2) is 6.88. The number of ether oxygens (including phenoxy) is 2. The van der Waals surface area contributed by atoms with Crippen molar-refractivity contribution in [3.63, 3.8) is 0 Å². The van der Waals surface area contributed by atoms with Crippen LogP contribution in [0.4, 0.5) is 0 Å². The second-order valence-corrected chi connectivity index (χ2v) is 6.66. The molecule has 1 saturated carbocycles. The Hall–Kier alpha value is -0.120. The van der Waals surface area contributed by atoms with E-state index in [1.54, 1.807) is 14.2 Å². The summed E-state index contributed by atoms with van der Waals surface area (Å²) in [6.07, 6.45) is 5.14. The lowest BCUT2D eigenvalue weighted by atomic mass is 9.69. The highest BCUT2D eigenvalue weighted by atomic mass is 16.7. The zero-order valence-electron chi connectivity index (χ0n) is 13.0. The Bertz CT molecular complexity index is 233. The fraction of sp³-hybridized carbons (Fsp3) is 1.00. The van der Waals surface area contributed by atoms with Crippen molar-refractivity contribution in [3.05, 3.63) is 0 Å². The minimum atomic E-state index is -0.160. The molecule has 1 aliphatic rings. The van der Waals surface area contributed by atoms with Gasteiger partial charge in [0.2, 0.25) is 0 Å². The van der Waals surface area contributed by atoms with E-state index in [4.69, 9.17) is 9.47 Å². The summed E-state index contributed by atoms with van der Waals surface area (Å²) in [5.41, 5.74) is 0.368. The van der Waals surface area contributed by atoms with Crippen molar-refractivity contribution in [2.24, 2.45) is 11.3 Å². The zero-order chi connectivity index (χ0) is 13.8. The molecule has 3 heteroatoms. The average molecular weight is 257 g/mol. The van der Waals surface area contributed by atoms with Crippen molar-refractivity contribution in [1.29, 1.82) is 0 Å². The molecule has 1 N–H and O–H groups in total. The van der Waals surface area contributed by atoms with Crippen LogP contribution in [-0.4, -0.2) is 32.6 Å². The zero-order valence-corrected chi connectivity index (χ0v) is 13.0. The Morgan fingerprint density at radius 1 is 1.06 bits per heavy atom. The van der Waals surface area contributed by atoms with Gasteiger partial charge in [-0.05, 0) is 31.1 Å². The minimum Gasteiger partial charge on any atom is -0.354 e. The van der Waals surface area contributed by atoms with Gasteiger partial charge in [0.05, 0.1) is 6.04 Å². The summed E-state index contributed by atoms with van der Waals surface area (Å²) < 4.78 is 10.7. The highest BCUT2D eigenvalue weighted by Crippen LogP contribution is 2.38. The van der Waals surface area contributed by atoms with Gasteiger partial charge in [0, 0.05) is 20.3 Å². The van der Waals surface area contributed by atoms with E-state index in [9.17, 15) is 0 Å². The van der Waals surface area contributed by atoms with Crippen LogP contribution in [0.2, 0.25) is 0 Å². The summed E-state index contributed by atoms with van der Waals surface area (Å²) in [7, 11) is 3.41. The van der Waals surface area contributed by atoms with Crippen molar-refractivity contribution >= 4 is 0 Å². The first-order valence-electron chi connectivity index (χ1n) is 7.21. The molecular formula is C15H31NO2. The highest BCUT2D eigenvalue weighted by Gasteiger charge is 2.35. The smallest absolute Gasteiger partial charge is 0.171 e. The maximum absolute atomic E-state index is 5.34. The molecule has 0 aromatic rings. The standard InChI is InChI=1S/C15H31NO2/c1-11(14(17-5)18-6)16-13-10-8-7-9-12(13)15(2,3)4/h11-14,16H,7-10H2,1-6H3. The molecule has 3 unspecified atom stereocenters. The summed E-state index contributed by atoms with van der Waals surface area (Å²) in [5, 5.41) is 3.73. The number of hydrogen-bond donors (Lipinski definition) is 1. The summed E-state index contributed by atoms with van der Waals surface area (Å²) in [6, 6.07) is 0.814. The third-order valence-electron chi connectivity index (χ3n) is 4.23. The van der Waals surface area contributed by atoms with Gasteiger partial charge in [-0.1, -0.05) is 33.6 Å². The summed E-state index contributed by atoms with van der Waals surface area (Å²) in [6.45, 7) is 9.21. The van der Waals surface area contributed by atoms with Crippen LogP contribution in [0.1, 0.15) is 53.4 Å². The van der Waals surface area contributed by atoms with E-state index in [0.717, 1.165) is 5.92 Å². The van der Waals surface area contributed by atoms with Crippen LogP contribution in [0, 0.1) is 11.3 Å². The van der Waals surface area contributed by atoms with Crippen molar-refractivity contribution in [2.75, 3.05) is 14.2 Å². The van der Waals surface area contributed by atoms with E-state index < -0.39 is 0 Å². The van der Waals surface area contributed by atoms with Crippen molar-refractivity contribution < 1.29 is 9.47 Å². The fourth-order valence-electron chi connectivity index (χ4n) is 3.29. The molecule has 0 radical (unpaired) electrons. The van der Waals surface area contributed by atoms with Crippen LogP contribution in [0.25, 0.3) is 0 Å². The number of methoxy groups -OCH3 is 2. The monoisotopic (exact) mass is 257 g/mol. The molecule has 0 spiro atoms. The predicted octanol–water partition coefficient (Wildman–Crippen LogP) is 3.19. The molecule has 108 valence electrons. The van der Waals surface area contributed by atoms with E-state index in [0.29, 0.717) is 11.5 Å². The molecule has 0 aromatic carbocycles. The van der Waals surface area contributed by atoms with Crippen LogP contribution in [-0.2, 0) is 9.47 Å². The molecule has 0 aromatic heterocycles. The molecule has 1 aliphatic carbocycles. The quantitative estimate of drug-likeness (QED) is 0.767. The maximum Gasteiger partial charge on any atom is 0.171 e. The molecule has 0 amide bonds. The van der Waals surface area contributed by atoms with Crippen LogP contribution in [0.3, 0.4) is 0 Å². The summed E-state index contributed by atoms with van der Waals surface area (Å²) in [5.74, 6) is 0.739. The third kappa shape index (κ3) is 4.22. The molecule has 0 heterocycles. The predicted molar refractivity (Wildman–Crippen MR) is 75.6 cm³/mol. The van der Waals surface area contributed by atoms with E-state index >= 15 is 0 Å². The molecule has 18 heavy (non-hydrogen) atoms. The topological polar surface area (TPSA) is 30.5 Å². The van der Waals surface area contributed by atoms with E-state index in [-0.39, 0.29) is 12.3 Å². The Labute approximate surface area is 113 Å². The van der Waals surface area contributed by atoms with Crippen molar-refractivity contribution in [2.45, 2.75) is 71.8 Å². The van der Waals surface area contributed by atoms with Gasteiger partial charge >= 0.3 is 0 Å². The molecule has 3 atom stereocenters. The highest BCUT2D eigenvalue weighted by molar-refractivity contribution is 4.89. The third-order valence-corrected chi connectivity index (χ3v) is 4.23. The first-order chi connectivity index (χ1) is 8.40. The van der Waals surface area contributed by atoms with Gasteiger partial charge in [-0.15, -0.1) is 0 Å². The average Bonchev–Trinajstić information content (AvgIpc) is 2.30. The van der Waals surface area contributed by atoms with Gasteiger partial charge in [0.25, 0.3) is 0 Å². The first-order valence-corrected chi connectivity index (χ1v) is 7.21. The van der Waals surface area contributed by atoms with Gasteiger partial charge in [-0.3, -0.25) is 0 Å². The summed E-state index contributed by atoms with van der Waals surface area (Å²) in [4.78, 5) is 0. The Kier molecular flexibility index (Phi) is 6.09. The van der Waals surface area contributed by atoms with Crippen LogP contribution in [0.15, 0.2) is 0 Å². The minimum absolute atomic E-state index is 0.160. The Balaban J connectivity index is 2.62. The molecule has 1 rings (SSSR count). The van der Waals surface area contributed by atoms with Crippen molar-refractivity contribution in [3.8, 4) is 0 Å². The Morgan fingerprint density at radius 2 is 1.61 bits per heavy atom. The molecule has 0 saturated heterocycles. The van der Waals surface area contributed by atoms with Gasteiger partial charge < -0.3 is 14.8 Å². The molecular weight excluding hydrogens is 226 g/mol. The van der Waals surface area contributed by atoms with E-state index in [1.165, 1.54) is 25.7 Å². The first kappa shape index (κ1) is 15.9. The fourth-order valence-corrected chi connectivity index (χ4v) is 3.29. The molecule has 3 nitrogen and oxygen atoms in total. The Morgan fingerprint density at radius 3 is 2.11 bits per heavy atom. The number of rotatable bonds is 5. The summed E-state index contributed by atoms with van der Waals surface area (Å²) >= 11 is 0. The number of nitrogens with one attached hydrogen (secondary N) is 1. The number of hydrogen-bond acceptors (Lipinski definition) is 3. The normalized spacial score (nSPS) is 27.5. The molecule has 0 bridgehead atoms. The van der Waals surface area contributed by atoms with Crippen LogP contribution in [0.5, 0.6) is 0 Å².